The topological polar surface area (TPSA) is 96.9 Å². The molecule has 7 nitrogen and oxygen atoms in total. The summed E-state index contributed by atoms with van der Waals surface area (Å²) in [6.07, 6.45) is 7.37. The Morgan fingerprint density at radius 1 is 1.00 bits per heavy atom. The van der Waals surface area contributed by atoms with E-state index >= 15 is 0 Å². The van der Waals surface area contributed by atoms with Crippen LogP contribution in [0.25, 0.3) is 5.57 Å². The normalized spacial score (nSPS) is 14.8. The van der Waals surface area contributed by atoms with E-state index in [2.05, 4.69) is 25.6 Å². The highest BCUT2D eigenvalue weighted by Crippen LogP contribution is 2.46. The number of carbonyl (C=O) groups excluding carboxylic acids is 2. The molecule has 0 bridgehead atoms. The van der Waals surface area contributed by atoms with Crippen molar-refractivity contribution < 1.29 is 9.59 Å². The van der Waals surface area contributed by atoms with Gasteiger partial charge < -0.3 is 10.6 Å². The van der Waals surface area contributed by atoms with Gasteiger partial charge in [0, 0.05) is 41.9 Å². The number of amides is 1. The molecule has 9 heteroatoms. The number of ketones is 1. The van der Waals surface area contributed by atoms with Gasteiger partial charge in [-0.1, -0.05) is 29.3 Å². The molecular formula is C22H17Cl2N5O2. The molecule has 2 heterocycles. The van der Waals surface area contributed by atoms with Crippen LogP contribution in [0.3, 0.4) is 0 Å². The zero-order valence-corrected chi connectivity index (χ0v) is 18.1. The van der Waals surface area contributed by atoms with Gasteiger partial charge in [0.25, 0.3) is 5.91 Å². The van der Waals surface area contributed by atoms with Crippen molar-refractivity contribution in [1.82, 2.24) is 15.0 Å². The quantitative estimate of drug-likeness (QED) is 0.572. The van der Waals surface area contributed by atoms with Crippen LogP contribution in [-0.4, -0.2) is 26.6 Å². The Kier molecular flexibility index (Phi) is 5.47. The fourth-order valence-electron chi connectivity index (χ4n) is 3.32. The highest BCUT2D eigenvalue weighted by molar-refractivity contribution is 6.40. The van der Waals surface area contributed by atoms with Crippen molar-refractivity contribution in [2.45, 2.75) is 13.8 Å². The minimum atomic E-state index is -0.690. The first-order valence-electron chi connectivity index (χ1n) is 9.32. The number of aromatic nitrogens is 3. The number of anilines is 2. The maximum atomic E-state index is 12.7. The lowest BCUT2D eigenvalue weighted by Gasteiger charge is -2.39. The van der Waals surface area contributed by atoms with Gasteiger partial charge in [0.05, 0.1) is 38.5 Å². The number of nitrogens with one attached hydrogen (secondary N) is 2. The number of pyridine rings is 1. The molecule has 0 aliphatic heterocycles. The highest BCUT2D eigenvalue weighted by atomic mass is 35.5. The fourth-order valence-corrected chi connectivity index (χ4v) is 3.86. The van der Waals surface area contributed by atoms with E-state index in [0.717, 1.165) is 5.70 Å². The van der Waals surface area contributed by atoms with E-state index in [0.29, 0.717) is 22.6 Å². The highest BCUT2D eigenvalue weighted by Gasteiger charge is 2.47. The molecule has 2 N–H and O–H groups in total. The number of halogens is 2. The molecule has 0 radical (unpaired) electrons. The van der Waals surface area contributed by atoms with Gasteiger partial charge in [0.15, 0.2) is 5.78 Å². The molecule has 3 aromatic rings. The molecule has 0 fully saturated rings. The van der Waals surface area contributed by atoms with Crippen LogP contribution in [0.4, 0.5) is 11.4 Å². The van der Waals surface area contributed by atoms with Crippen LogP contribution in [-0.2, 0) is 4.79 Å². The monoisotopic (exact) mass is 453 g/mol. The van der Waals surface area contributed by atoms with E-state index in [9.17, 15) is 9.59 Å². The summed E-state index contributed by atoms with van der Waals surface area (Å²) in [5, 5.41) is 6.40. The SMILES string of the molecule is CC1(C)C(=O)C(c2cnccn2)=C1Nc1cccc(NC(=O)c2c(Cl)cncc2Cl)c1. The van der Waals surface area contributed by atoms with E-state index in [-0.39, 0.29) is 21.4 Å². The Balaban J connectivity index is 1.61. The van der Waals surface area contributed by atoms with Crippen molar-refractivity contribution in [2.75, 3.05) is 10.6 Å². The van der Waals surface area contributed by atoms with Crippen LogP contribution in [0.5, 0.6) is 0 Å². The number of carbonyl (C=O) groups is 2. The molecule has 0 unspecified atom stereocenters. The van der Waals surface area contributed by atoms with E-state index < -0.39 is 11.3 Å². The summed E-state index contributed by atoms with van der Waals surface area (Å²) in [6.45, 7) is 3.69. The van der Waals surface area contributed by atoms with Crippen LogP contribution in [0.1, 0.15) is 29.9 Å². The smallest absolute Gasteiger partial charge is 0.258 e. The van der Waals surface area contributed by atoms with Gasteiger partial charge in [-0.25, -0.2) is 0 Å². The summed E-state index contributed by atoms with van der Waals surface area (Å²) in [6, 6.07) is 7.11. The number of benzene rings is 1. The van der Waals surface area contributed by atoms with E-state index in [4.69, 9.17) is 23.2 Å². The van der Waals surface area contributed by atoms with Crippen molar-refractivity contribution >= 4 is 51.8 Å². The third kappa shape index (κ3) is 3.89. The molecule has 1 amide bonds. The molecule has 2 aromatic heterocycles. The summed E-state index contributed by atoms with van der Waals surface area (Å²) < 4.78 is 0. The molecule has 0 saturated carbocycles. The summed E-state index contributed by atoms with van der Waals surface area (Å²) >= 11 is 12.1. The fraction of sp³-hybridized carbons (Fsp3) is 0.136. The van der Waals surface area contributed by atoms with Gasteiger partial charge in [-0.05, 0) is 32.0 Å². The summed E-state index contributed by atoms with van der Waals surface area (Å²) in [7, 11) is 0. The van der Waals surface area contributed by atoms with Crippen molar-refractivity contribution in [1.29, 1.82) is 0 Å². The third-order valence-electron chi connectivity index (χ3n) is 4.96. The zero-order chi connectivity index (χ0) is 22.2. The second kappa shape index (κ2) is 8.09. The van der Waals surface area contributed by atoms with Gasteiger partial charge in [0.2, 0.25) is 0 Å². The number of allylic oxidation sites excluding steroid dienone is 2. The van der Waals surface area contributed by atoms with Gasteiger partial charge in [-0.2, -0.15) is 0 Å². The van der Waals surface area contributed by atoms with Crippen LogP contribution < -0.4 is 10.6 Å². The molecule has 1 aromatic carbocycles. The van der Waals surface area contributed by atoms with E-state index in [1.54, 1.807) is 36.8 Å². The maximum absolute atomic E-state index is 12.7. The Hall–Kier alpha value is -3.29. The molecule has 4 rings (SSSR count). The number of hydrogen-bond donors (Lipinski definition) is 2. The van der Waals surface area contributed by atoms with Gasteiger partial charge in [-0.3, -0.25) is 24.5 Å². The minimum Gasteiger partial charge on any atom is -0.357 e. The van der Waals surface area contributed by atoms with Crippen molar-refractivity contribution in [3.8, 4) is 0 Å². The summed E-state index contributed by atoms with van der Waals surface area (Å²) in [5.74, 6) is -0.463. The average Bonchev–Trinajstić information content (AvgIpc) is 2.74. The van der Waals surface area contributed by atoms with Crippen LogP contribution >= 0.6 is 23.2 Å². The van der Waals surface area contributed by atoms with Crippen molar-refractivity contribution in [3.05, 3.63) is 82.2 Å². The molecular weight excluding hydrogens is 437 g/mol. The molecule has 0 atom stereocenters. The van der Waals surface area contributed by atoms with Gasteiger partial charge in [-0.15, -0.1) is 0 Å². The number of hydrogen-bond acceptors (Lipinski definition) is 6. The first-order valence-corrected chi connectivity index (χ1v) is 10.1. The molecule has 0 spiro atoms. The van der Waals surface area contributed by atoms with Crippen LogP contribution in [0.2, 0.25) is 10.0 Å². The first-order chi connectivity index (χ1) is 14.8. The third-order valence-corrected chi connectivity index (χ3v) is 5.53. The number of nitrogens with zero attached hydrogens (tertiary/aromatic N) is 3. The lowest BCUT2D eigenvalue weighted by Crippen LogP contribution is -2.42. The standard InChI is InChI=1S/C22H17Cl2N5O2/c1-22(2)19(18(20(22)30)16-11-25-6-7-27-16)28-12-4-3-5-13(8-12)29-21(31)17-14(23)9-26-10-15(17)24/h3-11,28H,1-2H3,(H,29,31). The molecule has 1 aliphatic carbocycles. The lowest BCUT2D eigenvalue weighted by atomic mass is 9.68. The van der Waals surface area contributed by atoms with E-state index in [1.165, 1.54) is 12.4 Å². The number of Topliss-reactive ketones (excluding diaryl/α,β-unsaturated/α-hetero) is 1. The van der Waals surface area contributed by atoms with Crippen molar-refractivity contribution in [3.63, 3.8) is 0 Å². The molecule has 31 heavy (non-hydrogen) atoms. The van der Waals surface area contributed by atoms with E-state index in [1.807, 2.05) is 19.9 Å². The zero-order valence-electron chi connectivity index (χ0n) is 16.6. The Labute approximate surface area is 188 Å². The molecule has 1 aliphatic rings. The van der Waals surface area contributed by atoms with Gasteiger partial charge >= 0.3 is 0 Å². The predicted octanol–water partition coefficient (Wildman–Crippen LogP) is 4.86. The Morgan fingerprint density at radius 2 is 1.71 bits per heavy atom. The lowest BCUT2D eigenvalue weighted by molar-refractivity contribution is -0.121. The van der Waals surface area contributed by atoms with Crippen LogP contribution in [0, 0.1) is 5.41 Å². The second-order valence-electron chi connectivity index (χ2n) is 7.43. The molecule has 156 valence electrons. The number of rotatable bonds is 5. The maximum Gasteiger partial charge on any atom is 0.258 e. The Bertz CT molecular complexity index is 1210. The summed E-state index contributed by atoms with van der Waals surface area (Å²) in [4.78, 5) is 37.5. The average molecular weight is 454 g/mol. The predicted molar refractivity (Wildman–Crippen MR) is 120 cm³/mol. The Morgan fingerprint density at radius 3 is 2.39 bits per heavy atom. The minimum absolute atomic E-state index is 0.0121. The molecule has 0 saturated heterocycles. The summed E-state index contributed by atoms with van der Waals surface area (Å²) in [5.41, 5.74) is 2.44. The second-order valence-corrected chi connectivity index (χ2v) is 8.25. The van der Waals surface area contributed by atoms with Crippen molar-refractivity contribution in [2.24, 2.45) is 5.41 Å². The first kappa shape index (κ1) is 21.0. The van der Waals surface area contributed by atoms with Crippen LogP contribution in [0.15, 0.2) is 60.9 Å². The largest absolute Gasteiger partial charge is 0.357 e. The van der Waals surface area contributed by atoms with Gasteiger partial charge in [0.1, 0.15) is 0 Å².